The van der Waals surface area contributed by atoms with Crippen molar-refractivity contribution in [1.29, 1.82) is 0 Å². The second kappa shape index (κ2) is 4.39. The molecule has 0 aliphatic heterocycles. The van der Waals surface area contributed by atoms with E-state index >= 15 is 0 Å². The second-order valence-electron chi connectivity index (χ2n) is 4.19. The van der Waals surface area contributed by atoms with Crippen molar-refractivity contribution in [1.82, 2.24) is 0 Å². The summed E-state index contributed by atoms with van der Waals surface area (Å²) in [5.74, 6) is -4.79. The van der Waals surface area contributed by atoms with Crippen LogP contribution in [0.3, 0.4) is 0 Å². The molecule has 0 aliphatic carbocycles. The van der Waals surface area contributed by atoms with Crippen LogP contribution in [-0.2, 0) is 9.59 Å². The van der Waals surface area contributed by atoms with Crippen molar-refractivity contribution in [3.8, 4) is 0 Å². The number of carboxylic acids is 2. The van der Waals surface area contributed by atoms with Gasteiger partial charge in [-0.25, -0.2) is 0 Å². The first-order chi connectivity index (χ1) is 6.15. The Kier molecular flexibility index (Phi) is 4.03. The molecule has 0 radical (unpaired) electrons. The summed E-state index contributed by atoms with van der Waals surface area (Å²) in [6.07, 6.45) is -1.38. The summed E-state index contributed by atoms with van der Waals surface area (Å²) < 4.78 is 0.304. The van der Waals surface area contributed by atoms with E-state index in [0.29, 0.717) is 4.48 Å². The highest BCUT2D eigenvalue weighted by Gasteiger charge is 2.36. The van der Waals surface area contributed by atoms with Crippen molar-refractivity contribution in [2.45, 2.75) is 6.10 Å². The largest absolute Gasteiger partial charge is 0.481 e. The van der Waals surface area contributed by atoms with Gasteiger partial charge >= 0.3 is 11.9 Å². The lowest BCUT2D eigenvalue weighted by molar-refractivity contribution is -0.873. The normalized spacial score (nSPS) is 14.1. The number of hydrogen-bond acceptors (Lipinski definition) is 3. The van der Waals surface area contributed by atoms with E-state index in [1.165, 1.54) is 0 Å². The molecular formula is C8H16NO5+. The van der Waals surface area contributed by atoms with Gasteiger partial charge in [-0.05, 0) is 0 Å². The summed E-state index contributed by atoms with van der Waals surface area (Å²) >= 11 is 0. The van der Waals surface area contributed by atoms with Gasteiger partial charge in [0.1, 0.15) is 12.6 Å². The Balaban J connectivity index is 4.54. The Hall–Kier alpha value is -1.14. The maximum atomic E-state index is 10.5. The minimum absolute atomic E-state index is 0.0727. The minimum atomic E-state index is -1.76. The molecule has 0 fully saturated rings. The summed E-state index contributed by atoms with van der Waals surface area (Å²) in [4.78, 5) is 21.0. The molecule has 0 aliphatic rings. The summed E-state index contributed by atoms with van der Waals surface area (Å²) in [6, 6.07) is 0. The van der Waals surface area contributed by atoms with Crippen LogP contribution in [0, 0.1) is 5.92 Å². The predicted molar refractivity (Wildman–Crippen MR) is 47.7 cm³/mol. The fourth-order valence-electron chi connectivity index (χ4n) is 1.10. The first-order valence-corrected chi connectivity index (χ1v) is 4.09. The van der Waals surface area contributed by atoms with Gasteiger partial charge in [0.2, 0.25) is 0 Å². The van der Waals surface area contributed by atoms with Crippen LogP contribution >= 0.6 is 0 Å². The summed E-state index contributed by atoms with van der Waals surface area (Å²) in [5, 5.41) is 26.5. The van der Waals surface area contributed by atoms with Gasteiger partial charge in [0.25, 0.3) is 0 Å². The highest BCUT2D eigenvalue weighted by atomic mass is 16.4. The molecule has 0 aromatic heterocycles. The van der Waals surface area contributed by atoms with Gasteiger partial charge in [-0.15, -0.1) is 0 Å². The molecule has 0 aromatic rings. The van der Waals surface area contributed by atoms with Gasteiger partial charge < -0.3 is 19.8 Å². The van der Waals surface area contributed by atoms with E-state index in [1.807, 2.05) is 0 Å². The molecule has 1 atom stereocenters. The van der Waals surface area contributed by atoms with E-state index in [1.54, 1.807) is 21.1 Å². The first kappa shape index (κ1) is 12.9. The van der Waals surface area contributed by atoms with Crippen LogP contribution in [0.2, 0.25) is 0 Å². The molecule has 1 unspecified atom stereocenters. The molecule has 0 rings (SSSR count). The number of quaternary nitrogens is 1. The average molecular weight is 206 g/mol. The van der Waals surface area contributed by atoms with Crippen molar-refractivity contribution >= 4 is 11.9 Å². The maximum absolute atomic E-state index is 10.5. The zero-order chi connectivity index (χ0) is 11.5. The molecule has 82 valence electrons. The Bertz CT molecular complexity index is 218. The van der Waals surface area contributed by atoms with E-state index in [0.717, 1.165) is 0 Å². The topological polar surface area (TPSA) is 94.8 Å². The van der Waals surface area contributed by atoms with Crippen molar-refractivity contribution in [3.63, 3.8) is 0 Å². The maximum Gasteiger partial charge on any atom is 0.320 e. The number of rotatable bonds is 5. The van der Waals surface area contributed by atoms with E-state index in [4.69, 9.17) is 10.2 Å². The summed E-state index contributed by atoms with van der Waals surface area (Å²) in [5.41, 5.74) is 0. The van der Waals surface area contributed by atoms with Crippen LogP contribution in [0.25, 0.3) is 0 Å². The predicted octanol–water partition coefficient (Wildman–Crippen LogP) is -1.16. The molecular weight excluding hydrogens is 190 g/mol. The molecule has 6 heteroatoms. The van der Waals surface area contributed by atoms with Crippen molar-refractivity contribution in [3.05, 3.63) is 0 Å². The van der Waals surface area contributed by atoms with Gasteiger partial charge in [-0.1, -0.05) is 0 Å². The molecule has 0 heterocycles. The molecule has 0 amide bonds. The van der Waals surface area contributed by atoms with Crippen LogP contribution in [0.5, 0.6) is 0 Å². The zero-order valence-corrected chi connectivity index (χ0v) is 8.47. The van der Waals surface area contributed by atoms with E-state index in [9.17, 15) is 14.7 Å². The molecule has 0 saturated carbocycles. The number of likely N-dealkylation sites (N-methyl/N-ethyl adjacent to an activating group) is 1. The average Bonchev–Trinajstić information content (AvgIpc) is 1.78. The summed E-state index contributed by atoms with van der Waals surface area (Å²) in [6.45, 7) is 0.0727. The molecule has 0 spiro atoms. The van der Waals surface area contributed by atoms with Crippen molar-refractivity contribution < 1.29 is 29.4 Å². The lowest BCUT2D eigenvalue weighted by Gasteiger charge is -2.27. The number of aliphatic carboxylic acids is 2. The van der Waals surface area contributed by atoms with E-state index in [-0.39, 0.29) is 6.54 Å². The van der Waals surface area contributed by atoms with Crippen molar-refractivity contribution in [2.24, 2.45) is 5.92 Å². The standard InChI is InChI=1S/C8H15NO5/c1-9(2,3)4-5(10)6(7(11)12)8(13)14/h5-6,10H,4H2,1-3H3,(H-,11,12,13,14)/p+1. The summed E-state index contributed by atoms with van der Waals surface area (Å²) in [7, 11) is 5.22. The Labute approximate surface area is 82.0 Å². The molecule has 6 nitrogen and oxygen atoms in total. The number of carboxylic acid groups (broad SMARTS) is 2. The third-order valence-electron chi connectivity index (χ3n) is 1.65. The van der Waals surface area contributed by atoms with Crippen LogP contribution in [0.1, 0.15) is 0 Å². The highest BCUT2D eigenvalue weighted by molar-refractivity contribution is 5.93. The third kappa shape index (κ3) is 4.20. The number of carbonyl (C=O) groups is 2. The van der Waals surface area contributed by atoms with Crippen LogP contribution in [-0.4, -0.2) is 65.5 Å². The third-order valence-corrected chi connectivity index (χ3v) is 1.65. The Morgan fingerprint density at radius 2 is 1.50 bits per heavy atom. The van der Waals surface area contributed by atoms with Gasteiger partial charge in [-0.2, -0.15) is 0 Å². The smallest absolute Gasteiger partial charge is 0.320 e. The van der Waals surface area contributed by atoms with Crippen molar-refractivity contribution in [2.75, 3.05) is 27.7 Å². The number of aliphatic hydroxyl groups is 1. The van der Waals surface area contributed by atoms with Gasteiger partial charge in [0, 0.05) is 0 Å². The lowest BCUT2D eigenvalue weighted by Crippen LogP contribution is -2.47. The second-order valence-corrected chi connectivity index (χ2v) is 4.19. The van der Waals surface area contributed by atoms with Crippen LogP contribution in [0.15, 0.2) is 0 Å². The lowest BCUT2D eigenvalue weighted by atomic mass is 10.0. The minimum Gasteiger partial charge on any atom is -0.481 e. The van der Waals surface area contributed by atoms with Gasteiger partial charge in [-0.3, -0.25) is 9.59 Å². The highest BCUT2D eigenvalue weighted by Crippen LogP contribution is 2.08. The van der Waals surface area contributed by atoms with Crippen LogP contribution < -0.4 is 0 Å². The van der Waals surface area contributed by atoms with Gasteiger partial charge in [0.15, 0.2) is 5.92 Å². The van der Waals surface area contributed by atoms with Gasteiger partial charge in [0.05, 0.1) is 21.1 Å². The molecule has 0 bridgehead atoms. The van der Waals surface area contributed by atoms with E-state index in [2.05, 4.69) is 0 Å². The quantitative estimate of drug-likeness (QED) is 0.389. The number of nitrogens with zero attached hydrogens (tertiary/aromatic N) is 1. The Morgan fingerprint density at radius 1 is 1.14 bits per heavy atom. The molecule has 3 N–H and O–H groups in total. The fourth-order valence-corrected chi connectivity index (χ4v) is 1.10. The molecule has 0 saturated heterocycles. The number of aliphatic hydroxyl groups excluding tert-OH is 1. The Morgan fingerprint density at radius 3 is 1.71 bits per heavy atom. The fraction of sp³-hybridized carbons (Fsp3) is 0.750. The number of hydrogen-bond donors (Lipinski definition) is 3. The van der Waals surface area contributed by atoms with Crippen LogP contribution in [0.4, 0.5) is 0 Å². The monoisotopic (exact) mass is 206 g/mol. The molecule has 0 aromatic carbocycles. The molecule has 14 heavy (non-hydrogen) atoms. The SMILES string of the molecule is C[N+](C)(C)CC(O)C(C(=O)O)C(=O)O. The van der Waals surface area contributed by atoms with E-state index < -0.39 is 24.0 Å². The zero-order valence-electron chi connectivity index (χ0n) is 8.47. The first-order valence-electron chi connectivity index (χ1n) is 4.09.